The van der Waals surface area contributed by atoms with Gasteiger partial charge < -0.3 is 6.15 Å². The summed E-state index contributed by atoms with van der Waals surface area (Å²) >= 11 is 0. The molecule has 2 aromatic rings. The number of hydrogen-bond acceptors (Lipinski definition) is 1. The Morgan fingerprint density at radius 3 is 1.81 bits per heavy atom. The van der Waals surface area contributed by atoms with Crippen LogP contribution in [0.2, 0.25) is 0 Å². The predicted octanol–water partition coefficient (Wildman–Crippen LogP) is 4.31. The maximum Gasteiger partial charge on any atom is 0.00610 e. The molecule has 0 radical (unpaired) electrons. The first-order valence-electron chi connectivity index (χ1n) is 5.39. The Labute approximate surface area is 97.7 Å². The largest absolute Gasteiger partial charge is 0.344 e. The van der Waals surface area contributed by atoms with Gasteiger partial charge >= 0.3 is 0 Å². The zero-order chi connectivity index (χ0) is 10.7. The van der Waals surface area contributed by atoms with Crippen LogP contribution in [0.3, 0.4) is 0 Å². The van der Waals surface area contributed by atoms with Crippen LogP contribution in [0.25, 0.3) is 0 Å². The van der Waals surface area contributed by atoms with Crippen LogP contribution in [-0.2, 0) is 0 Å². The summed E-state index contributed by atoms with van der Waals surface area (Å²) in [6, 6.07) is 19.4. The highest BCUT2D eigenvalue weighted by Crippen LogP contribution is 2.23. The third-order valence-corrected chi connectivity index (χ3v) is 2.88. The van der Waals surface area contributed by atoms with Crippen molar-refractivity contribution < 1.29 is 0 Å². The van der Waals surface area contributed by atoms with E-state index in [1.807, 2.05) is 0 Å². The van der Waals surface area contributed by atoms with Gasteiger partial charge in [-0.2, -0.15) is 0 Å². The lowest BCUT2D eigenvalue weighted by Gasteiger charge is -2.12. The molecule has 0 amide bonds. The average Bonchev–Trinajstić information content (AvgIpc) is 2.30. The van der Waals surface area contributed by atoms with Gasteiger partial charge in [0.15, 0.2) is 0 Å². The third-order valence-electron chi connectivity index (χ3n) is 2.88. The predicted molar refractivity (Wildman–Crippen MR) is 70.2 cm³/mol. The Hall–Kier alpha value is -1.60. The van der Waals surface area contributed by atoms with Crippen LogP contribution < -0.4 is 6.15 Å². The monoisotopic (exact) mass is 213 g/mol. The minimum Gasteiger partial charge on any atom is -0.344 e. The maximum atomic E-state index is 2.25. The molecule has 0 aliphatic carbocycles. The summed E-state index contributed by atoms with van der Waals surface area (Å²) in [6.45, 7) is 4.37. The minimum absolute atomic E-state index is 0. The normalized spacial score (nSPS) is 11.6. The number of aryl methyl sites for hydroxylation is 1. The van der Waals surface area contributed by atoms with Gasteiger partial charge in [0, 0.05) is 5.92 Å². The number of rotatable bonds is 2. The lowest BCUT2D eigenvalue weighted by Crippen LogP contribution is -1.95. The van der Waals surface area contributed by atoms with E-state index >= 15 is 0 Å². The first-order valence-corrected chi connectivity index (χ1v) is 5.39. The molecule has 2 rings (SSSR count). The third kappa shape index (κ3) is 2.71. The SMILES string of the molecule is Cc1ccc(C(C)c2ccccc2)cc1.N. The second-order valence-corrected chi connectivity index (χ2v) is 4.04. The van der Waals surface area contributed by atoms with E-state index in [1.54, 1.807) is 0 Å². The molecular formula is C15H19N. The van der Waals surface area contributed by atoms with E-state index in [-0.39, 0.29) is 6.15 Å². The van der Waals surface area contributed by atoms with Crippen molar-refractivity contribution in [2.24, 2.45) is 0 Å². The van der Waals surface area contributed by atoms with Crippen LogP contribution in [0.1, 0.15) is 29.5 Å². The van der Waals surface area contributed by atoms with E-state index in [4.69, 9.17) is 0 Å². The van der Waals surface area contributed by atoms with Crippen molar-refractivity contribution >= 4 is 0 Å². The van der Waals surface area contributed by atoms with Crippen LogP contribution in [0, 0.1) is 6.92 Å². The second kappa shape index (κ2) is 5.47. The van der Waals surface area contributed by atoms with Crippen LogP contribution in [0.4, 0.5) is 0 Å². The average molecular weight is 213 g/mol. The Bertz CT molecular complexity index is 417. The highest BCUT2D eigenvalue weighted by atomic mass is 14.1. The topological polar surface area (TPSA) is 35.0 Å². The molecule has 0 aliphatic heterocycles. The molecule has 0 saturated heterocycles. The summed E-state index contributed by atoms with van der Waals surface area (Å²) in [4.78, 5) is 0. The molecule has 0 spiro atoms. The van der Waals surface area contributed by atoms with Gasteiger partial charge in [-0.05, 0) is 18.1 Å². The highest BCUT2D eigenvalue weighted by molar-refractivity contribution is 5.32. The Morgan fingerprint density at radius 1 is 0.750 bits per heavy atom. The van der Waals surface area contributed by atoms with Gasteiger partial charge in [-0.15, -0.1) is 0 Å². The molecule has 3 N–H and O–H groups in total. The van der Waals surface area contributed by atoms with E-state index in [0.717, 1.165) is 0 Å². The zero-order valence-electron chi connectivity index (χ0n) is 9.98. The summed E-state index contributed by atoms with van der Waals surface area (Å²) in [5.74, 6) is 0.479. The van der Waals surface area contributed by atoms with Crippen LogP contribution >= 0.6 is 0 Å². The van der Waals surface area contributed by atoms with E-state index in [9.17, 15) is 0 Å². The Morgan fingerprint density at radius 2 is 1.25 bits per heavy atom. The van der Waals surface area contributed by atoms with Gasteiger partial charge in [0.05, 0.1) is 0 Å². The molecule has 1 heteroatoms. The van der Waals surface area contributed by atoms with Crippen molar-refractivity contribution in [2.75, 3.05) is 0 Å². The Kier molecular flexibility index (Phi) is 4.27. The van der Waals surface area contributed by atoms with Gasteiger partial charge in [-0.25, -0.2) is 0 Å². The first kappa shape index (κ1) is 12.5. The van der Waals surface area contributed by atoms with Crippen molar-refractivity contribution in [1.82, 2.24) is 6.15 Å². The van der Waals surface area contributed by atoms with E-state index in [0.29, 0.717) is 5.92 Å². The smallest absolute Gasteiger partial charge is 0.00610 e. The molecule has 1 atom stereocenters. The fraction of sp³-hybridized carbons (Fsp3) is 0.200. The fourth-order valence-corrected chi connectivity index (χ4v) is 1.79. The Balaban J connectivity index is 0.00000128. The van der Waals surface area contributed by atoms with Crippen molar-refractivity contribution in [1.29, 1.82) is 0 Å². The van der Waals surface area contributed by atoms with Crippen molar-refractivity contribution in [3.63, 3.8) is 0 Å². The molecule has 0 aliphatic rings. The van der Waals surface area contributed by atoms with E-state index in [1.165, 1.54) is 16.7 Å². The van der Waals surface area contributed by atoms with Crippen LogP contribution in [0.15, 0.2) is 54.6 Å². The quantitative estimate of drug-likeness (QED) is 0.792. The molecule has 2 aromatic carbocycles. The second-order valence-electron chi connectivity index (χ2n) is 4.04. The molecule has 0 aromatic heterocycles. The van der Waals surface area contributed by atoms with E-state index < -0.39 is 0 Å². The molecule has 84 valence electrons. The lowest BCUT2D eigenvalue weighted by molar-refractivity contribution is 0.921. The van der Waals surface area contributed by atoms with Crippen molar-refractivity contribution in [3.8, 4) is 0 Å². The number of benzene rings is 2. The first-order chi connectivity index (χ1) is 7.27. The minimum atomic E-state index is 0. The highest BCUT2D eigenvalue weighted by Gasteiger charge is 2.06. The summed E-state index contributed by atoms with van der Waals surface area (Å²) < 4.78 is 0. The molecular weight excluding hydrogens is 194 g/mol. The summed E-state index contributed by atoms with van der Waals surface area (Å²) in [5.41, 5.74) is 4.08. The molecule has 0 saturated carbocycles. The molecule has 0 fully saturated rings. The lowest BCUT2D eigenvalue weighted by atomic mass is 9.93. The van der Waals surface area contributed by atoms with Gasteiger partial charge in [-0.3, -0.25) is 0 Å². The summed E-state index contributed by atoms with van der Waals surface area (Å²) in [5, 5.41) is 0. The van der Waals surface area contributed by atoms with Crippen LogP contribution in [-0.4, -0.2) is 0 Å². The van der Waals surface area contributed by atoms with Crippen molar-refractivity contribution in [2.45, 2.75) is 19.8 Å². The van der Waals surface area contributed by atoms with Crippen molar-refractivity contribution in [3.05, 3.63) is 71.3 Å². The summed E-state index contributed by atoms with van der Waals surface area (Å²) in [6.07, 6.45) is 0. The van der Waals surface area contributed by atoms with Gasteiger partial charge in [0.25, 0.3) is 0 Å². The van der Waals surface area contributed by atoms with Gasteiger partial charge in [0.2, 0.25) is 0 Å². The molecule has 0 heterocycles. The molecule has 1 unspecified atom stereocenters. The fourth-order valence-electron chi connectivity index (χ4n) is 1.79. The van der Waals surface area contributed by atoms with Gasteiger partial charge in [0.1, 0.15) is 0 Å². The molecule has 16 heavy (non-hydrogen) atoms. The zero-order valence-corrected chi connectivity index (χ0v) is 9.98. The summed E-state index contributed by atoms with van der Waals surface area (Å²) in [7, 11) is 0. The standard InChI is InChI=1S/C15H16.H3N/c1-12-8-10-15(11-9-12)13(2)14-6-4-3-5-7-14;/h3-11,13H,1-2H3;1H3. The number of hydrogen-bond donors (Lipinski definition) is 1. The molecule has 0 bridgehead atoms. The molecule has 1 nitrogen and oxygen atoms in total. The van der Waals surface area contributed by atoms with Gasteiger partial charge in [-0.1, -0.05) is 67.1 Å². The maximum absolute atomic E-state index is 2.25. The van der Waals surface area contributed by atoms with E-state index in [2.05, 4.69) is 68.4 Å². The van der Waals surface area contributed by atoms with Crippen LogP contribution in [0.5, 0.6) is 0 Å².